The van der Waals surface area contributed by atoms with Crippen LogP contribution in [0.3, 0.4) is 0 Å². The molecule has 1 aromatic carbocycles. The summed E-state index contributed by atoms with van der Waals surface area (Å²) in [6, 6.07) is 5.63. The second kappa shape index (κ2) is 8.47. The van der Waals surface area contributed by atoms with Crippen LogP contribution in [0.25, 0.3) is 0 Å². The van der Waals surface area contributed by atoms with Gasteiger partial charge in [0.25, 0.3) is 5.69 Å². The van der Waals surface area contributed by atoms with Crippen LogP contribution in [0.1, 0.15) is 80.8 Å². The standard InChI is InChI=1S/C28H37NO5Si/c1-17-10-9-11-20-16-22-23(18(2)26(33-22)35(7,8)27(3,4)5)24(28(17,20)6)34-25(30)19-12-14-21(15-13-19)29(31)32/h11-15,17,24H,9-10,16H2,1-8H3/t17-,24+,28+/m0/s1. The molecule has 0 aliphatic heterocycles. The van der Waals surface area contributed by atoms with Crippen molar-refractivity contribution in [2.75, 3.05) is 0 Å². The molecule has 7 heteroatoms. The summed E-state index contributed by atoms with van der Waals surface area (Å²) in [7, 11) is -1.97. The number of hydrogen-bond donors (Lipinski definition) is 0. The van der Waals surface area contributed by atoms with Gasteiger partial charge >= 0.3 is 5.97 Å². The lowest BCUT2D eigenvalue weighted by molar-refractivity contribution is -0.384. The minimum Gasteiger partial charge on any atom is -0.470 e. The van der Waals surface area contributed by atoms with Gasteiger partial charge < -0.3 is 9.15 Å². The SMILES string of the molecule is Cc1c([Si](C)(C)C(C)(C)C)oc2c1[C@@H](OC(=O)c1ccc([N+](=O)[O-])cc1)[C@@]1(C)C(=CCC[C@@H]1C)C2. The first kappa shape index (κ1) is 25.4. The van der Waals surface area contributed by atoms with E-state index in [0.717, 1.165) is 41.5 Å². The predicted molar refractivity (Wildman–Crippen MR) is 140 cm³/mol. The van der Waals surface area contributed by atoms with E-state index in [1.54, 1.807) is 0 Å². The molecule has 0 N–H and O–H groups in total. The number of esters is 1. The molecular weight excluding hydrogens is 458 g/mol. The molecule has 6 nitrogen and oxygen atoms in total. The summed E-state index contributed by atoms with van der Waals surface area (Å²) >= 11 is 0. The van der Waals surface area contributed by atoms with Crippen molar-refractivity contribution in [2.24, 2.45) is 11.3 Å². The highest BCUT2D eigenvalue weighted by molar-refractivity contribution is 6.91. The van der Waals surface area contributed by atoms with E-state index in [1.807, 2.05) is 0 Å². The fourth-order valence-corrected chi connectivity index (χ4v) is 7.71. The maximum atomic E-state index is 13.4. The van der Waals surface area contributed by atoms with Crippen LogP contribution in [0.2, 0.25) is 18.1 Å². The van der Waals surface area contributed by atoms with Crippen molar-refractivity contribution >= 4 is 25.1 Å². The van der Waals surface area contributed by atoms with E-state index in [9.17, 15) is 14.9 Å². The fourth-order valence-electron chi connectivity index (χ4n) is 5.58. The van der Waals surface area contributed by atoms with Crippen molar-refractivity contribution < 1.29 is 18.9 Å². The van der Waals surface area contributed by atoms with Gasteiger partial charge in [0.15, 0.2) is 0 Å². The number of ether oxygens (including phenoxy) is 1. The normalized spacial score (nSPS) is 24.3. The number of non-ortho nitro benzene ring substituents is 1. The molecule has 0 saturated heterocycles. The third-order valence-corrected chi connectivity index (χ3v) is 14.5. The molecule has 0 amide bonds. The van der Waals surface area contributed by atoms with Crippen LogP contribution in [0.15, 0.2) is 40.3 Å². The van der Waals surface area contributed by atoms with E-state index in [4.69, 9.17) is 9.15 Å². The second-order valence-electron chi connectivity index (χ2n) is 12.0. The molecule has 0 fully saturated rings. The molecule has 35 heavy (non-hydrogen) atoms. The van der Waals surface area contributed by atoms with Crippen LogP contribution in [-0.4, -0.2) is 19.0 Å². The number of carbonyl (C=O) groups excluding carboxylic acids is 1. The number of benzene rings is 1. The summed E-state index contributed by atoms with van der Waals surface area (Å²) in [6.45, 7) is 18.1. The Morgan fingerprint density at radius 3 is 2.43 bits per heavy atom. The molecule has 0 radical (unpaired) electrons. The van der Waals surface area contributed by atoms with Crippen molar-refractivity contribution in [3.05, 3.63) is 68.5 Å². The molecule has 1 heterocycles. The molecule has 4 rings (SSSR count). The van der Waals surface area contributed by atoms with Crippen molar-refractivity contribution in [1.29, 1.82) is 0 Å². The lowest BCUT2D eigenvalue weighted by atomic mass is 9.58. The van der Waals surface area contributed by atoms with Crippen LogP contribution < -0.4 is 5.38 Å². The van der Waals surface area contributed by atoms with Crippen LogP contribution in [-0.2, 0) is 11.2 Å². The number of allylic oxidation sites excluding steroid dienone is 1. The van der Waals surface area contributed by atoms with Gasteiger partial charge in [0.05, 0.1) is 15.9 Å². The molecule has 2 aromatic rings. The third-order valence-electron chi connectivity index (χ3n) is 9.12. The number of nitrogens with zero attached hydrogens (tertiary/aromatic N) is 1. The maximum absolute atomic E-state index is 13.4. The first-order valence-corrected chi connectivity index (χ1v) is 15.5. The number of hydrogen-bond acceptors (Lipinski definition) is 5. The van der Waals surface area contributed by atoms with Gasteiger partial charge in [-0.2, -0.15) is 0 Å². The Morgan fingerprint density at radius 1 is 1.23 bits per heavy atom. The van der Waals surface area contributed by atoms with Crippen molar-refractivity contribution in [2.45, 2.75) is 85.0 Å². The number of rotatable bonds is 4. The minimum absolute atomic E-state index is 0.0516. The zero-order valence-corrected chi connectivity index (χ0v) is 23.2. The first-order valence-electron chi connectivity index (χ1n) is 12.5. The van der Waals surface area contributed by atoms with Gasteiger partial charge in [0, 0.05) is 29.5 Å². The monoisotopic (exact) mass is 495 g/mol. The number of carbonyl (C=O) groups is 1. The number of fused-ring (bicyclic) bond motifs is 2. The minimum atomic E-state index is -1.97. The Labute approximate surface area is 208 Å². The Kier molecular flexibility index (Phi) is 6.15. The average Bonchev–Trinajstić information content (AvgIpc) is 3.11. The molecule has 1 aromatic heterocycles. The lowest BCUT2D eigenvalue weighted by Crippen LogP contribution is -2.50. The highest BCUT2D eigenvalue weighted by atomic mass is 28.3. The molecule has 2 aliphatic carbocycles. The molecule has 0 spiro atoms. The summed E-state index contributed by atoms with van der Waals surface area (Å²) in [5.41, 5.74) is 3.34. The smallest absolute Gasteiger partial charge is 0.338 e. The van der Waals surface area contributed by atoms with Crippen LogP contribution >= 0.6 is 0 Å². The van der Waals surface area contributed by atoms with Crippen LogP contribution in [0.5, 0.6) is 0 Å². The molecule has 0 unspecified atom stereocenters. The van der Waals surface area contributed by atoms with Crippen LogP contribution in [0, 0.1) is 28.4 Å². The molecule has 3 atom stereocenters. The van der Waals surface area contributed by atoms with Crippen molar-refractivity contribution in [1.82, 2.24) is 0 Å². The van der Waals surface area contributed by atoms with E-state index >= 15 is 0 Å². The number of nitro groups is 1. The number of nitro benzene ring substituents is 1. The molecule has 188 valence electrons. The highest BCUT2D eigenvalue weighted by Gasteiger charge is 2.53. The van der Waals surface area contributed by atoms with E-state index in [1.165, 1.54) is 29.8 Å². The molecule has 2 aliphatic rings. The van der Waals surface area contributed by atoms with Gasteiger partial charge in [0.1, 0.15) is 19.9 Å². The Morgan fingerprint density at radius 2 is 1.86 bits per heavy atom. The van der Waals surface area contributed by atoms with Gasteiger partial charge in [0.2, 0.25) is 0 Å². The summed E-state index contributed by atoms with van der Waals surface area (Å²) in [5.74, 6) is 0.781. The van der Waals surface area contributed by atoms with Gasteiger partial charge in [-0.1, -0.05) is 59.4 Å². The van der Waals surface area contributed by atoms with E-state index < -0.39 is 25.1 Å². The molecule has 0 saturated carbocycles. The topological polar surface area (TPSA) is 82.6 Å². The Bertz CT molecular complexity index is 1200. The van der Waals surface area contributed by atoms with Crippen molar-refractivity contribution in [3.63, 3.8) is 0 Å². The lowest BCUT2D eigenvalue weighted by Gasteiger charge is -2.48. The van der Waals surface area contributed by atoms with Gasteiger partial charge in [-0.3, -0.25) is 10.1 Å². The largest absolute Gasteiger partial charge is 0.470 e. The Hall–Kier alpha value is -2.67. The summed E-state index contributed by atoms with van der Waals surface area (Å²) in [6.07, 6.45) is 4.63. The van der Waals surface area contributed by atoms with Gasteiger partial charge in [-0.15, -0.1) is 0 Å². The summed E-state index contributed by atoms with van der Waals surface area (Å²) in [5, 5.41) is 12.2. The van der Waals surface area contributed by atoms with Crippen molar-refractivity contribution in [3.8, 4) is 0 Å². The average molecular weight is 496 g/mol. The quantitative estimate of drug-likeness (QED) is 0.149. The van der Waals surface area contributed by atoms with E-state index in [0.29, 0.717) is 11.5 Å². The van der Waals surface area contributed by atoms with E-state index in [-0.39, 0.29) is 16.1 Å². The third kappa shape index (κ3) is 3.98. The molecular formula is C28H37NO5Si. The summed E-state index contributed by atoms with van der Waals surface area (Å²) in [4.78, 5) is 23.9. The van der Waals surface area contributed by atoms with Crippen LogP contribution in [0.4, 0.5) is 5.69 Å². The maximum Gasteiger partial charge on any atom is 0.338 e. The van der Waals surface area contributed by atoms with Gasteiger partial charge in [-0.25, -0.2) is 4.79 Å². The summed E-state index contributed by atoms with van der Waals surface area (Å²) < 4.78 is 13.0. The zero-order chi connectivity index (χ0) is 25.9. The highest BCUT2D eigenvalue weighted by Crippen LogP contribution is 2.58. The Balaban J connectivity index is 1.83. The zero-order valence-electron chi connectivity index (χ0n) is 22.2. The van der Waals surface area contributed by atoms with E-state index in [2.05, 4.69) is 60.7 Å². The first-order chi connectivity index (χ1) is 16.2. The molecule has 0 bridgehead atoms. The fraction of sp³-hybridized carbons (Fsp3) is 0.536. The predicted octanol–water partition coefficient (Wildman–Crippen LogP) is 7.03. The van der Waals surface area contributed by atoms with Gasteiger partial charge in [-0.05, 0) is 48.4 Å². The second-order valence-corrected chi connectivity index (χ2v) is 17.2. The number of furan rings is 1.